The molecular formula is C32H42N4O3. The smallest absolute Gasteiger partial charge is 0.247 e. The molecule has 0 unspecified atom stereocenters. The van der Waals surface area contributed by atoms with Crippen LogP contribution in [0.1, 0.15) is 69.7 Å². The zero-order valence-corrected chi connectivity index (χ0v) is 23.7. The number of fused-ring (bicyclic) bond motifs is 1. The van der Waals surface area contributed by atoms with Crippen molar-refractivity contribution in [2.75, 3.05) is 18.0 Å². The first-order valence-electron chi connectivity index (χ1n) is 14.6. The van der Waals surface area contributed by atoms with E-state index in [4.69, 9.17) is 0 Å². The second kappa shape index (κ2) is 11.4. The van der Waals surface area contributed by atoms with Crippen LogP contribution in [0.15, 0.2) is 48.5 Å². The van der Waals surface area contributed by atoms with E-state index < -0.39 is 18.1 Å². The number of carbonyl (C=O) groups is 3. The molecule has 7 nitrogen and oxygen atoms in total. The van der Waals surface area contributed by atoms with Crippen molar-refractivity contribution in [3.8, 4) is 0 Å². The van der Waals surface area contributed by atoms with Crippen LogP contribution in [0, 0.1) is 11.8 Å². The van der Waals surface area contributed by atoms with Gasteiger partial charge in [0.15, 0.2) is 0 Å². The van der Waals surface area contributed by atoms with Crippen LogP contribution in [0.2, 0.25) is 0 Å². The molecule has 3 atom stereocenters. The van der Waals surface area contributed by atoms with Crippen LogP contribution in [0.5, 0.6) is 0 Å². The Bertz CT molecular complexity index is 1180. The fraction of sp³-hybridized carbons (Fsp3) is 0.531. The summed E-state index contributed by atoms with van der Waals surface area (Å²) in [4.78, 5) is 45.9. The van der Waals surface area contributed by atoms with Gasteiger partial charge in [-0.25, -0.2) is 0 Å². The first kappa shape index (κ1) is 27.2. The van der Waals surface area contributed by atoms with Gasteiger partial charge in [-0.05, 0) is 86.6 Å². The highest BCUT2D eigenvalue weighted by Gasteiger charge is 2.49. The molecule has 0 aromatic heterocycles. The Morgan fingerprint density at radius 2 is 1.56 bits per heavy atom. The Morgan fingerprint density at radius 1 is 0.949 bits per heavy atom. The third kappa shape index (κ3) is 5.68. The van der Waals surface area contributed by atoms with Gasteiger partial charge in [0.2, 0.25) is 17.7 Å². The molecule has 5 rings (SSSR count). The fourth-order valence-corrected chi connectivity index (χ4v) is 6.52. The number of nitrogens with one attached hydrogen (secondary N) is 2. The Kier molecular flexibility index (Phi) is 7.96. The normalized spacial score (nSPS) is 22.4. The van der Waals surface area contributed by atoms with E-state index in [-0.39, 0.29) is 35.6 Å². The zero-order chi connectivity index (χ0) is 27.7. The molecule has 3 amide bonds. The number of hydrogen-bond donors (Lipinski definition) is 2. The number of benzene rings is 2. The summed E-state index contributed by atoms with van der Waals surface area (Å²) in [5, 5.41) is 6.13. The van der Waals surface area contributed by atoms with E-state index in [1.165, 1.54) is 24.0 Å². The van der Waals surface area contributed by atoms with Crippen LogP contribution < -0.4 is 15.5 Å². The molecule has 2 aliphatic heterocycles. The maximum Gasteiger partial charge on any atom is 0.247 e. The summed E-state index contributed by atoms with van der Waals surface area (Å²) in [6.07, 6.45) is 4.34. The lowest BCUT2D eigenvalue weighted by Crippen LogP contribution is -2.67. The highest BCUT2D eigenvalue weighted by Crippen LogP contribution is 2.36. The molecule has 2 fully saturated rings. The van der Waals surface area contributed by atoms with Crippen molar-refractivity contribution in [2.24, 2.45) is 11.8 Å². The summed E-state index contributed by atoms with van der Waals surface area (Å²) in [5.41, 5.74) is 4.32. The number of amides is 3. The van der Waals surface area contributed by atoms with Crippen molar-refractivity contribution in [3.63, 3.8) is 0 Å². The lowest BCUT2D eigenvalue weighted by atomic mass is 9.88. The first-order chi connectivity index (χ1) is 18.7. The van der Waals surface area contributed by atoms with Gasteiger partial charge >= 0.3 is 0 Å². The van der Waals surface area contributed by atoms with Crippen molar-refractivity contribution in [1.29, 1.82) is 0 Å². The number of hydrogen-bond acceptors (Lipinski definition) is 4. The SMILES string of the molecule is CC(C)C[C@@H]1C(=O)N[C@H](C2Cc3ccccc3C2)C(=O)N1[C@@H](C(=O)NC(C)C)c1ccc(N2CCCC2)cc1. The summed E-state index contributed by atoms with van der Waals surface area (Å²) >= 11 is 0. The second-order valence-electron chi connectivity index (χ2n) is 12.2. The maximum absolute atomic E-state index is 14.4. The van der Waals surface area contributed by atoms with Crippen LogP contribution in [-0.4, -0.2) is 53.8 Å². The molecule has 39 heavy (non-hydrogen) atoms. The molecule has 2 N–H and O–H groups in total. The second-order valence-corrected chi connectivity index (χ2v) is 12.2. The average molecular weight is 531 g/mol. The van der Waals surface area contributed by atoms with Gasteiger partial charge in [0, 0.05) is 24.8 Å². The van der Waals surface area contributed by atoms with Crippen molar-refractivity contribution in [3.05, 3.63) is 65.2 Å². The Balaban J connectivity index is 1.51. The minimum absolute atomic E-state index is 0.0345. The lowest BCUT2D eigenvalue weighted by molar-refractivity contribution is -0.158. The molecule has 0 spiro atoms. The highest BCUT2D eigenvalue weighted by molar-refractivity contribution is 6.00. The van der Waals surface area contributed by atoms with Gasteiger partial charge in [-0.3, -0.25) is 14.4 Å². The Morgan fingerprint density at radius 3 is 2.13 bits per heavy atom. The van der Waals surface area contributed by atoms with Gasteiger partial charge in [0.1, 0.15) is 18.1 Å². The van der Waals surface area contributed by atoms with E-state index >= 15 is 0 Å². The van der Waals surface area contributed by atoms with E-state index in [0.717, 1.165) is 37.2 Å². The van der Waals surface area contributed by atoms with Crippen LogP contribution >= 0.6 is 0 Å². The molecule has 2 saturated heterocycles. The number of carbonyl (C=O) groups excluding carboxylic acids is 3. The minimum atomic E-state index is -0.881. The lowest BCUT2D eigenvalue weighted by Gasteiger charge is -2.45. The van der Waals surface area contributed by atoms with Gasteiger partial charge in [-0.1, -0.05) is 50.2 Å². The topological polar surface area (TPSA) is 81.8 Å². The van der Waals surface area contributed by atoms with Crippen molar-refractivity contribution >= 4 is 23.4 Å². The summed E-state index contributed by atoms with van der Waals surface area (Å²) in [6, 6.07) is 13.9. The molecule has 0 saturated carbocycles. The van der Waals surface area contributed by atoms with Gasteiger partial charge in [0.25, 0.3) is 0 Å². The van der Waals surface area contributed by atoms with E-state index in [9.17, 15) is 14.4 Å². The predicted octanol–water partition coefficient (Wildman–Crippen LogP) is 4.01. The summed E-state index contributed by atoms with van der Waals surface area (Å²) in [5.74, 6) is -0.433. The van der Waals surface area contributed by atoms with Gasteiger partial charge < -0.3 is 20.4 Å². The van der Waals surface area contributed by atoms with Crippen molar-refractivity contribution < 1.29 is 14.4 Å². The molecule has 1 aliphatic carbocycles. The van der Waals surface area contributed by atoms with E-state index in [2.05, 4.69) is 27.7 Å². The predicted molar refractivity (Wildman–Crippen MR) is 153 cm³/mol. The first-order valence-corrected chi connectivity index (χ1v) is 14.6. The quantitative estimate of drug-likeness (QED) is 0.541. The largest absolute Gasteiger partial charge is 0.372 e. The minimum Gasteiger partial charge on any atom is -0.372 e. The molecular weight excluding hydrogens is 488 g/mol. The van der Waals surface area contributed by atoms with Crippen LogP contribution in [0.4, 0.5) is 5.69 Å². The highest BCUT2D eigenvalue weighted by atomic mass is 16.2. The Labute approximate surface area is 232 Å². The molecule has 0 radical (unpaired) electrons. The molecule has 2 aromatic rings. The number of piperazine rings is 1. The summed E-state index contributed by atoms with van der Waals surface area (Å²) < 4.78 is 0. The third-order valence-electron chi connectivity index (χ3n) is 8.34. The molecule has 7 heteroatoms. The molecule has 0 bridgehead atoms. The van der Waals surface area contributed by atoms with E-state index in [1.807, 2.05) is 64.1 Å². The molecule has 2 aromatic carbocycles. The van der Waals surface area contributed by atoms with Gasteiger partial charge in [-0.2, -0.15) is 0 Å². The molecule has 2 heterocycles. The van der Waals surface area contributed by atoms with Crippen LogP contribution in [0.3, 0.4) is 0 Å². The number of nitrogens with zero attached hydrogens (tertiary/aromatic N) is 2. The fourth-order valence-electron chi connectivity index (χ4n) is 6.52. The van der Waals surface area contributed by atoms with Crippen molar-refractivity contribution in [2.45, 2.75) is 84.0 Å². The number of anilines is 1. The third-order valence-corrected chi connectivity index (χ3v) is 8.34. The summed E-state index contributed by atoms with van der Waals surface area (Å²) in [7, 11) is 0. The van der Waals surface area contributed by atoms with Crippen LogP contribution in [0.25, 0.3) is 0 Å². The molecule has 208 valence electrons. The zero-order valence-electron chi connectivity index (χ0n) is 23.7. The monoisotopic (exact) mass is 530 g/mol. The Hall–Kier alpha value is -3.35. The maximum atomic E-state index is 14.4. The van der Waals surface area contributed by atoms with Crippen LogP contribution in [-0.2, 0) is 27.2 Å². The van der Waals surface area contributed by atoms with Crippen molar-refractivity contribution in [1.82, 2.24) is 15.5 Å². The number of rotatable bonds is 8. The van der Waals surface area contributed by atoms with E-state index in [1.54, 1.807) is 4.90 Å². The molecule has 3 aliphatic rings. The average Bonchev–Trinajstić information content (AvgIpc) is 3.58. The van der Waals surface area contributed by atoms with Gasteiger partial charge in [-0.15, -0.1) is 0 Å². The summed E-state index contributed by atoms with van der Waals surface area (Å²) in [6.45, 7) is 9.99. The standard InChI is InChI=1S/C32H42N4O3/c1-20(2)17-27-30(37)34-28(25-18-23-9-5-6-10-24(23)19-25)32(39)36(27)29(31(38)33-21(3)4)22-11-13-26(14-12-22)35-15-7-8-16-35/h5-6,9-14,20-21,25,27-29H,7-8,15-19H2,1-4H3,(H,33,38)(H,34,37)/t27-,28-,29-/m1/s1. The van der Waals surface area contributed by atoms with Gasteiger partial charge in [0.05, 0.1) is 0 Å². The van der Waals surface area contributed by atoms with E-state index in [0.29, 0.717) is 6.42 Å².